The zero-order chi connectivity index (χ0) is 11.5. The van der Waals surface area contributed by atoms with Crippen LogP contribution < -0.4 is 0 Å². The van der Waals surface area contributed by atoms with Gasteiger partial charge in [0.05, 0.1) is 17.5 Å². The predicted octanol–water partition coefficient (Wildman–Crippen LogP) is 4.50. The van der Waals surface area contributed by atoms with E-state index in [4.69, 9.17) is 16.2 Å². The molecule has 0 aromatic rings. The van der Waals surface area contributed by atoms with Crippen LogP contribution in [0.4, 0.5) is 0 Å². The average molecular weight is 221 g/mol. The van der Waals surface area contributed by atoms with Crippen molar-refractivity contribution < 1.29 is 4.29 Å². The molecule has 0 spiro atoms. The quantitative estimate of drug-likeness (QED) is 0.663. The summed E-state index contributed by atoms with van der Waals surface area (Å²) in [6.07, 6.45) is 0. The van der Waals surface area contributed by atoms with E-state index >= 15 is 0 Å². The molecular weight excluding hydrogens is 196 g/mol. The van der Waals surface area contributed by atoms with Crippen molar-refractivity contribution in [2.75, 3.05) is 0 Å². The van der Waals surface area contributed by atoms with Crippen LogP contribution >= 0.6 is 11.9 Å². The summed E-state index contributed by atoms with van der Waals surface area (Å²) in [7, 11) is 0. The van der Waals surface area contributed by atoms with E-state index in [9.17, 15) is 0 Å². The minimum absolute atomic E-state index is 0.232. The normalized spacial score (nSPS) is 21.0. The second-order valence-corrected chi connectivity index (χ2v) is 5.48. The Morgan fingerprint density at radius 3 is 1.29 bits per heavy atom. The molecular formula is C12H25ClO. The van der Waals surface area contributed by atoms with Gasteiger partial charge >= 0.3 is 0 Å². The number of hydrogen-bond donors (Lipinski definition) is 0. The lowest BCUT2D eigenvalue weighted by Gasteiger charge is -2.41. The molecule has 0 fully saturated rings. The fourth-order valence-corrected chi connectivity index (χ4v) is 2.16. The SMILES string of the molecule is CC(C)C(C)C(C)(OCl)C(C)C(C)C. The summed E-state index contributed by atoms with van der Waals surface area (Å²) in [6, 6.07) is 0. The molecule has 0 amide bonds. The van der Waals surface area contributed by atoms with Crippen LogP contribution in [0.1, 0.15) is 48.5 Å². The van der Waals surface area contributed by atoms with E-state index in [2.05, 4.69) is 48.5 Å². The van der Waals surface area contributed by atoms with Crippen LogP contribution in [-0.4, -0.2) is 5.60 Å². The van der Waals surface area contributed by atoms with Crippen LogP contribution in [0.15, 0.2) is 0 Å². The average Bonchev–Trinajstić information content (AvgIpc) is 2.13. The highest BCUT2D eigenvalue weighted by atomic mass is 35.5. The Morgan fingerprint density at radius 2 is 1.14 bits per heavy atom. The maximum absolute atomic E-state index is 5.69. The first kappa shape index (κ1) is 14.2. The molecule has 0 saturated carbocycles. The molecule has 0 rings (SSSR count). The lowest BCUT2D eigenvalue weighted by molar-refractivity contribution is -0.0424. The summed E-state index contributed by atoms with van der Waals surface area (Å²) in [6.45, 7) is 15.4. The number of halogens is 1. The Labute approximate surface area is 94.3 Å². The molecule has 2 heteroatoms. The van der Waals surface area contributed by atoms with Gasteiger partial charge < -0.3 is 0 Å². The van der Waals surface area contributed by atoms with E-state index in [0.717, 1.165) is 0 Å². The van der Waals surface area contributed by atoms with Crippen LogP contribution in [-0.2, 0) is 4.29 Å². The molecule has 0 aromatic heterocycles. The van der Waals surface area contributed by atoms with E-state index in [-0.39, 0.29) is 5.60 Å². The summed E-state index contributed by atoms with van der Waals surface area (Å²) in [5.74, 6) is 2.08. The third-order valence-electron chi connectivity index (χ3n) is 3.97. The van der Waals surface area contributed by atoms with Crippen LogP contribution in [0.3, 0.4) is 0 Å². The maximum Gasteiger partial charge on any atom is 0.0924 e. The molecule has 0 aliphatic rings. The summed E-state index contributed by atoms with van der Waals surface area (Å²) in [4.78, 5) is 0. The van der Waals surface area contributed by atoms with E-state index < -0.39 is 0 Å². The van der Waals surface area contributed by atoms with Gasteiger partial charge in [-0.15, -0.1) is 0 Å². The van der Waals surface area contributed by atoms with Gasteiger partial charge in [0.15, 0.2) is 0 Å². The Hall–Kier alpha value is 0.250. The second kappa shape index (κ2) is 5.37. The molecule has 0 aromatic carbocycles. The van der Waals surface area contributed by atoms with Crippen molar-refractivity contribution in [2.45, 2.75) is 54.1 Å². The molecule has 0 aliphatic heterocycles. The van der Waals surface area contributed by atoms with E-state index in [1.165, 1.54) is 0 Å². The molecule has 0 radical (unpaired) electrons. The third kappa shape index (κ3) is 2.87. The second-order valence-electron chi connectivity index (χ2n) is 5.33. The zero-order valence-electron chi connectivity index (χ0n) is 10.6. The Bertz CT molecular complexity index is 152. The van der Waals surface area contributed by atoms with Gasteiger partial charge in [0, 0.05) is 0 Å². The van der Waals surface area contributed by atoms with Crippen molar-refractivity contribution in [1.82, 2.24) is 0 Å². The largest absolute Gasteiger partial charge is 0.272 e. The molecule has 14 heavy (non-hydrogen) atoms. The lowest BCUT2D eigenvalue weighted by atomic mass is 9.71. The van der Waals surface area contributed by atoms with Gasteiger partial charge in [-0.2, -0.15) is 0 Å². The minimum Gasteiger partial charge on any atom is -0.272 e. The molecule has 0 aliphatic carbocycles. The van der Waals surface area contributed by atoms with Gasteiger partial charge in [-0.3, -0.25) is 4.29 Å². The van der Waals surface area contributed by atoms with Gasteiger partial charge in [0.2, 0.25) is 0 Å². The van der Waals surface area contributed by atoms with Crippen molar-refractivity contribution >= 4 is 11.9 Å². The summed E-state index contributed by atoms with van der Waals surface area (Å²) < 4.78 is 5.26. The predicted molar refractivity (Wildman–Crippen MR) is 63.3 cm³/mol. The highest BCUT2D eigenvalue weighted by Crippen LogP contribution is 2.38. The Morgan fingerprint density at radius 1 is 0.857 bits per heavy atom. The third-order valence-corrected chi connectivity index (χ3v) is 4.31. The van der Waals surface area contributed by atoms with Gasteiger partial charge in [-0.25, -0.2) is 0 Å². The topological polar surface area (TPSA) is 9.23 Å². The summed E-state index contributed by atoms with van der Waals surface area (Å²) >= 11 is 5.69. The molecule has 0 N–H and O–H groups in total. The van der Waals surface area contributed by atoms with Crippen LogP contribution in [0.2, 0.25) is 0 Å². The molecule has 2 unspecified atom stereocenters. The van der Waals surface area contributed by atoms with E-state index in [1.54, 1.807) is 0 Å². The van der Waals surface area contributed by atoms with Crippen molar-refractivity contribution in [1.29, 1.82) is 0 Å². The first-order valence-corrected chi connectivity index (χ1v) is 5.88. The minimum atomic E-state index is -0.232. The van der Waals surface area contributed by atoms with Crippen molar-refractivity contribution in [3.8, 4) is 0 Å². The van der Waals surface area contributed by atoms with Crippen molar-refractivity contribution in [3.63, 3.8) is 0 Å². The first-order valence-electron chi connectivity index (χ1n) is 5.57. The number of rotatable bonds is 5. The highest BCUT2D eigenvalue weighted by Gasteiger charge is 2.40. The molecule has 0 heterocycles. The fourth-order valence-electron chi connectivity index (χ4n) is 1.88. The summed E-state index contributed by atoms with van der Waals surface area (Å²) in [5.41, 5.74) is -0.232. The molecule has 0 bridgehead atoms. The Kier molecular flexibility index (Phi) is 5.46. The molecule has 0 saturated heterocycles. The van der Waals surface area contributed by atoms with Crippen molar-refractivity contribution in [3.05, 3.63) is 0 Å². The maximum atomic E-state index is 5.69. The van der Waals surface area contributed by atoms with Crippen LogP contribution in [0.25, 0.3) is 0 Å². The smallest absolute Gasteiger partial charge is 0.0924 e. The van der Waals surface area contributed by atoms with Crippen LogP contribution in [0, 0.1) is 23.7 Å². The molecule has 2 atom stereocenters. The van der Waals surface area contributed by atoms with E-state index in [0.29, 0.717) is 23.7 Å². The standard InChI is InChI=1S/C12H25ClO/c1-8(2)10(5)12(7,14-13)11(6)9(3)4/h8-11H,1-7H3. The monoisotopic (exact) mass is 220 g/mol. The first-order chi connectivity index (χ1) is 6.27. The lowest BCUT2D eigenvalue weighted by Crippen LogP contribution is -2.44. The summed E-state index contributed by atoms with van der Waals surface area (Å²) in [5, 5.41) is 0. The number of hydrogen-bond acceptors (Lipinski definition) is 1. The van der Waals surface area contributed by atoms with Gasteiger partial charge in [-0.1, -0.05) is 41.5 Å². The van der Waals surface area contributed by atoms with Gasteiger partial charge in [-0.05, 0) is 30.6 Å². The zero-order valence-corrected chi connectivity index (χ0v) is 11.4. The van der Waals surface area contributed by atoms with Crippen molar-refractivity contribution in [2.24, 2.45) is 23.7 Å². The highest BCUT2D eigenvalue weighted by molar-refractivity contribution is 6.07. The molecule has 1 nitrogen and oxygen atoms in total. The van der Waals surface area contributed by atoms with Crippen LogP contribution in [0.5, 0.6) is 0 Å². The van der Waals surface area contributed by atoms with Gasteiger partial charge in [0.1, 0.15) is 0 Å². The Balaban J connectivity index is 4.78. The van der Waals surface area contributed by atoms with E-state index in [1.807, 2.05) is 0 Å². The fraction of sp³-hybridized carbons (Fsp3) is 1.00. The molecule has 86 valence electrons. The van der Waals surface area contributed by atoms with Gasteiger partial charge in [0.25, 0.3) is 0 Å².